The summed E-state index contributed by atoms with van der Waals surface area (Å²) in [6, 6.07) is 9.86. The van der Waals surface area contributed by atoms with Gasteiger partial charge in [-0.15, -0.1) is 0 Å². The van der Waals surface area contributed by atoms with Gasteiger partial charge in [-0.2, -0.15) is 0 Å². The molecule has 0 radical (unpaired) electrons. The fraction of sp³-hybridized carbons (Fsp3) is 0.474. The van der Waals surface area contributed by atoms with Gasteiger partial charge >= 0.3 is 29.6 Å². The van der Waals surface area contributed by atoms with E-state index in [2.05, 4.69) is 17.2 Å². The first-order valence-corrected chi connectivity index (χ1v) is 9.94. The van der Waals surface area contributed by atoms with Crippen molar-refractivity contribution in [2.24, 2.45) is 5.41 Å². The van der Waals surface area contributed by atoms with Crippen molar-refractivity contribution in [2.45, 2.75) is 51.2 Å². The Morgan fingerprint density at radius 2 is 2.04 bits per heavy atom. The number of aryl methyl sites for hydroxylation is 1. The van der Waals surface area contributed by atoms with Gasteiger partial charge in [0.25, 0.3) is 0 Å². The molecule has 0 heterocycles. The fourth-order valence-electron chi connectivity index (χ4n) is 4.76. The summed E-state index contributed by atoms with van der Waals surface area (Å²) >= 11 is 0. The molecule has 0 bridgehead atoms. The van der Waals surface area contributed by atoms with Crippen molar-refractivity contribution in [3.8, 4) is 0 Å². The van der Waals surface area contributed by atoms with Crippen LogP contribution in [0.3, 0.4) is 0 Å². The smallest absolute Gasteiger partial charge is 0.726 e. The second kappa shape index (κ2) is 7.17. The average Bonchev–Trinajstić information content (AvgIpc) is 2.87. The van der Waals surface area contributed by atoms with Crippen LogP contribution >= 0.6 is 0 Å². The van der Waals surface area contributed by atoms with Crippen LogP contribution in [0.2, 0.25) is 0 Å². The third-order valence-corrected chi connectivity index (χ3v) is 6.58. The predicted molar refractivity (Wildman–Crippen MR) is 92.8 cm³/mol. The monoisotopic (exact) mass is 384 g/mol. The van der Waals surface area contributed by atoms with Gasteiger partial charge in [0.2, 0.25) is 10.4 Å². The molecular formula is C19H21NaO5S. The molecule has 2 aliphatic carbocycles. The number of benzene rings is 2. The van der Waals surface area contributed by atoms with Crippen LogP contribution in [0.5, 0.6) is 0 Å². The van der Waals surface area contributed by atoms with Gasteiger partial charge in [0.05, 0.1) is 12.7 Å². The minimum absolute atomic E-state index is 0. The van der Waals surface area contributed by atoms with Crippen molar-refractivity contribution in [3.05, 3.63) is 47.0 Å². The molecular weight excluding hydrogens is 363 g/mol. The zero-order valence-corrected chi connectivity index (χ0v) is 17.9. The number of aliphatic hydroxyl groups excluding tert-OH is 1. The summed E-state index contributed by atoms with van der Waals surface area (Å²) in [4.78, 5) is 0. The third kappa shape index (κ3) is 3.49. The van der Waals surface area contributed by atoms with E-state index in [4.69, 9.17) is 0 Å². The summed E-state index contributed by atoms with van der Waals surface area (Å²) in [7, 11) is -4.69. The molecule has 26 heavy (non-hydrogen) atoms. The summed E-state index contributed by atoms with van der Waals surface area (Å²) < 4.78 is 36.2. The van der Waals surface area contributed by atoms with E-state index in [1.807, 2.05) is 24.3 Å². The van der Waals surface area contributed by atoms with Gasteiger partial charge in [-0.05, 0) is 65.1 Å². The maximum absolute atomic E-state index is 10.6. The molecule has 1 fully saturated rings. The van der Waals surface area contributed by atoms with Gasteiger partial charge in [0.15, 0.2) is 0 Å². The van der Waals surface area contributed by atoms with Crippen molar-refractivity contribution >= 4 is 21.2 Å². The Balaban J connectivity index is 0.00000196. The first-order chi connectivity index (χ1) is 11.8. The zero-order chi connectivity index (χ0) is 17.8. The summed E-state index contributed by atoms with van der Waals surface area (Å²) in [6.07, 6.45) is 3.56. The molecule has 5 nitrogen and oxygen atoms in total. The maximum Gasteiger partial charge on any atom is 1.00 e. The number of aliphatic hydroxyl groups is 1. The molecule has 3 atom stereocenters. The first kappa shape index (κ1) is 20.3. The molecule has 0 aliphatic heterocycles. The summed E-state index contributed by atoms with van der Waals surface area (Å²) in [5, 5.41) is 12.6. The van der Waals surface area contributed by atoms with Crippen molar-refractivity contribution < 1.29 is 51.8 Å². The number of hydrogen-bond donors (Lipinski definition) is 1. The van der Waals surface area contributed by atoms with Crippen LogP contribution in [0.25, 0.3) is 10.8 Å². The van der Waals surface area contributed by atoms with Crippen molar-refractivity contribution in [1.82, 2.24) is 0 Å². The third-order valence-electron chi connectivity index (χ3n) is 6.18. The fourth-order valence-corrected chi connectivity index (χ4v) is 5.04. The maximum atomic E-state index is 10.6. The largest absolute Gasteiger partial charge is 1.00 e. The van der Waals surface area contributed by atoms with E-state index in [9.17, 15) is 18.1 Å². The molecule has 2 aromatic carbocycles. The van der Waals surface area contributed by atoms with Crippen LogP contribution in [0, 0.1) is 5.41 Å². The van der Waals surface area contributed by atoms with Crippen LogP contribution < -0.4 is 29.6 Å². The molecule has 0 saturated heterocycles. The molecule has 4 rings (SSSR count). The minimum atomic E-state index is -4.69. The molecule has 0 aromatic heterocycles. The van der Waals surface area contributed by atoms with Gasteiger partial charge < -0.3 is 9.66 Å². The number of rotatable bonds is 3. The van der Waals surface area contributed by atoms with Crippen LogP contribution in [0.15, 0.2) is 30.3 Å². The van der Waals surface area contributed by atoms with Gasteiger partial charge in [-0.1, -0.05) is 31.2 Å². The molecule has 0 spiro atoms. The van der Waals surface area contributed by atoms with Gasteiger partial charge in [0, 0.05) is 5.41 Å². The molecule has 134 valence electrons. The van der Waals surface area contributed by atoms with E-state index in [0.717, 1.165) is 36.5 Å². The Kier molecular flexibility index (Phi) is 5.59. The van der Waals surface area contributed by atoms with E-state index in [1.165, 1.54) is 11.1 Å². The van der Waals surface area contributed by atoms with E-state index < -0.39 is 10.4 Å². The Labute approximate surface area is 176 Å². The molecule has 0 unspecified atom stereocenters. The van der Waals surface area contributed by atoms with Crippen molar-refractivity contribution in [1.29, 1.82) is 0 Å². The SMILES string of the molecule is C[C@]12CCc3c(ccc4cc(COS(=O)(=O)[O-])ccc34)[C@@H]1CC[C@@H]2O.[Na+]. The molecule has 1 N–H and O–H groups in total. The molecule has 1 saturated carbocycles. The minimum Gasteiger partial charge on any atom is -0.726 e. The molecule has 0 amide bonds. The summed E-state index contributed by atoms with van der Waals surface area (Å²) in [5.74, 6) is 0.393. The van der Waals surface area contributed by atoms with Crippen LogP contribution in [0.4, 0.5) is 0 Å². The second-order valence-electron chi connectivity index (χ2n) is 7.51. The van der Waals surface area contributed by atoms with Crippen molar-refractivity contribution in [3.63, 3.8) is 0 Å². The van der Waals surface area contributed by atoms with E-state index in [0.29, 0.717) is 11.5 Å². The second-order valence-corrected chi connectivity index (χ2v) is 8.56. The zero-order valence-electron chi connectivity index (χ0n) is 15.1. The van der Waals surface area contributed by atoms with Gasteiger partial charge in [-0.25, -0.2) is 8.42 Å². The standard InChI is InChI=1S/C19H22O5S.Na/c1-19-9-8-15-14-4-2-12(11-24-25(21,22)23)10-13(14)3-5-16(15)17(19)6-7-18(19)20;/h2-5,10,17-18,20H,6-9,11H2,1H3,(H,21,22,23);/q;+1/p-1/t17-,18-,19-;/m0./s1. The Morgan fingerprint density at radius 3 is 2.77 bits per heavy atom. The number of fused-ring (bicyclic) bond motifs is 5. The van der Waals surface area contributed by atoms with E-state index in [1.54, 1.807) is 0 Å². The number of hydrogen-bond acceptors (Lipinski definition) is 5. The van der Waals surface area contributed by atoms with Crippen molar-refractivity contribution in [2.75, 3.05) is 0 Å². The van der Waals surface area contributed by atoms with Gasteiger partial charge in [0.1, 0.15) is 0 Å². The molecule has 7 heteroatoms. The quantitative estimate of drug-likeness (QED) is 0.458. The summed E-state index contributed by atoms with van der Waals surface area (Å²) in [5.41, 5.74) is 3.29. The molecule has 2 aliphatic rings. The van der Waals surface area contributed by atoms with Crippen LogP contribution in [-0.4, -0.2) is 24.2 Å². The molecule has 2 aromatic rings. The van der Waals surface area contributed by atoms with E-state index >= 15 is 0 Å². The normalized spacial score (nSPS) is 27.7. The van der Waals surface area contributed by atoms with Gasteiger partial charge in [-0.3, -0.25) is 4.18 Å². The first-order valence-electron chi connectivity index (χ1n) is 8.61. The predicted octanol–water partition coefficient (Wildman–Crippen LogP) is 0.0114. The average molecular weight is 384 g/mol. The topological polar surface area (TPSA) is 86.7 Å². The summed E-state index contributed by atoms with van der Waals surface area (Å²) in [6.45, 7) is 1.96. The van der Waals surface area contributed by atoms with Crippen LogP contribution in [-0.2, 0) is 27.6 Å². The Hall–Kier alpha value is -0.470. The Morgan fingerprint density at radius 1 is 1.27 bits per heavy atom. The Bertz CT molecular complexity index is 942. The van der Waals surface area contributed by atoms with E-state index in [-0.39, 0.29) is 47.7 Å². The van der Waals surface area contributed by atoms with Crippen LogP contribution in [0.1, 0.15) is 48.8 Å².